The number of carbonyl (C=O) groups excluding carboxylic acids is 2. The Hall–Kier alpha value is -2.93. The number of benzene rings is 2. The first-order valence-corrected chi connectivity index (χ1v) is 9.62. The summed E-state index contributed by atoms with van der Waals surface area (Å²) >= 11 is 0. The summed E-state index contributed by atoms with van der Waals surface area (Å²) in [5, 5.41) is 5.39. The van der Waals surface area contributed by atoms with Crippen LogP contribution in [-0.2, 0) is 4.79 Å². The zero-order chi connectivity index (χ0) is 21.4. The molecular formula is C22H28FN3O3. The fourth-order valence-electron chi connectivity index (χ4n) is 3.24. The number of anilines is 1. The highest BCUT2D eigenvalue weighted by atomic mass is 19.1. The molecule has 0 heterocycles. The molecule has 2 rings (SSSR count). The van der Waals surface area contributed by atoms with Gasteiger partial charge in [-0.3, -0.25) is 14.5 Å². The molecule has 6 nitrogen and oxygen atoms in total. The van der Waals surface area contributed by atoms with Crippen LogP contribution in [0, 0.1) is 5.82 Å². The number of hydrogen-bond acceptors (Lipinski definition) is 4. The molecule has 1 unspecified atom stereocenters. The van der Waals surface area contributed by atoms with Crippen LogP contribution in [0.3, 0.4) is 0 Å². The van der Waals surface area contributed by atoms with Gasteiger partial charge in [0.25, 0.3) is 5.91 Å². The lowest BCUT2D eigenvalue weighted by molar-refractivity contribution is -0.114. The lowest BCUT2D eigenvalue weighted by atomic mass is 10.0. The van der Waals surface area contributed by atoms with Crippen molar-refractivity contribution in [1.82, 2.24) is 10.2 Å². The smallest absolute Gasteiger partial charge is 0.254 e. The molecule has 0 aliphatic carbocycles. The van der Waals surface area contributed by atoms with Gasteiger partial charge in [0, 0.05) is 19.2 Å². The van der Waals surface area contributed by atoms with E-state index in [1.165, 1.54) is 25.1 Å². The van der Waals surface area contributed by atoms with Crippen LogP contribution in [-0.4, -0.2) is 43.5 Å². The van der Waals surface area contributed by atoms with E-state index in [2.05, 4.69) is 29.4 Å². The van der Waals surface area contributed by atoms with Crippen molar-refractivity contribution in [3.05, 3.63) is 59.4 Å². The number of nitrogens with one attached hydrogen (secondary N) is 2. The minimum absolute atomic E-state index is 0.0920. The molecule has 0 aromatic heterocycles. The van der Waals surface area contributed by atoms with Crippen LogP contribution in [0.5, 0.6) is 5.75 Å². The summed E-state index contributed by atoms with van der Waals surface area (Å²) in [4.78, 5) is 26.1. The van der Waals surface area contributed by atoms with Crippen LogP contribution >= 0.6 is 0 Å². The van der Waals surface area contributed by atoms with Gasteiger partial charge < -0.3 is 15.4 Å². The monoisotopic (exact) mass is 401 g/mol. The summed E-state index contributed by atoms with van der Waals surface area (Å²) in [6.07, 6.45) is 0. The van der Waals surface area contributed by atoms with Gasteiger partial charge >= 0.3 is 0 Å². The first-order chi connectivity index (χ1) is 13.9. The second-order valence-electron chi connectivity index (χ2n) is 6.60. The van der Waals surface area contributed by atoms with Crippen molar-refractivity contribution < 1.29 is 18.7 Å². The van der Waals surface area contributed by atoms with Crippen LogP contribution in [0.1, 0.15) is 42.7 Å². The standard InChI is InChI=1S/C22H28FN3O3/c1-5-26(6-2)21(16-8-7-9-18(12-16)29-4)14-24-22(28)19-13-17(25-15(3)27)10-11-20(19)23/h7-13,21H,5-6,14H2,1-4H3,(H,24,28)(H,25,27). The minimum Gasteiger partial charge on any atom is -0.497 e. The third-order valence-electron chi connectivity index (χ3n) is 4.72. The van der Waals surface area contributed by atoms with Gasteiger partial charge in [-0.05, 0) is 49.0 Å². The van der Waals surface area contributed by atoms with Crippen molar-refractivity contribution in [1.29, 1.82) is 0 Å². The molecule has 1 atom stereocenters. The average Bonchev–Trinajstić information content (AvgIpc) is 2.72. The van der Waals surface area contributed by atoms with Crippen molar-refractivity contribution in [3.63, 3.8) is 0 Å². The topological polar surface area (TPSA) is 70.7 Å². The predicted molar refractivity (Wildman–Crippen MR) is 112 cm³/mol. The molecule has 2 N–H and O–H groups in total. The third kappa shape index (κ3) is 6.02. The Morgan fingerprint density at radius 2 is 1.86 bits per heavy atom. The summed E-state index contributed by atoms with van der Waals surface area (Å²) in [6.45, 7) is 7.34. The number of hydrogen-bond donors (Lipinski definition) is 2. The predicted octanol–water partition coefficient (Wildman–Crippen LogP) is 3.61. The molecular weight excluding hydrogens is 373 g/mol. The highest BCUT2D eigenvalue weighted by Crippen LogP contribution is 2.24. The molecule has 29 heavy (non-hydrogen) atoms. The molecule has 0 bridgehead atoms. The molecule has 0 aliphatic rings. The fraction of sp³-hybridized carbons (Fsp3) is 0.364. The Balaban J connectivity index is 2.22. The zero-order valence-electron chi connectivity index (χ0n) is 17.3. The lowest BCUT2D eigenvalue weighted by Gasteiger charge is -2.30. The van der Waals surface area contributed by atoms with Crippen LogP contribution < -0.4 is 15.4 Å². The molecule has 2 aromatic rings. The SMILES string of the molecule is CCN(CC)C(CNC(=O)c1cc(NC(C)=O)ccc1F)c1cccc(OC)c1. The van der Waals surface area contributed by atoms with Crippen LogP contribution in [0.15, 0.2) is 42.5 Å². The first kappa shape index (κ1) is 22.4. The van der Waals surface area contributed by atoms with Crippen LogP contribution in [0.2, 0.25) is 0 Å². The Kier molecular flexibility index (Phi) is 8.15. The number of carbonyl (C=O) groups is 2. The van der Waals surface area contributed by atoms with Gasteiger partial charge in [0.05, 0.1) is 18.7 Å². The Morgan fingerprint density at radius 1 is 1.14 bits per heavy atom. The Morgan fingerprint density at radius 3 is 2.48 bits per heavy atom. The zero-order valence-corrected chi connectivity index (χ0v) is 17.3. The number of likely N-dealkylation sites (N-methyl/N-ethyl adjacent to an activating group) is 1. The number of amides is 2. The van der Waals surface area contributed by atoms with Crippen molar-refractivity contribution in [3.8, 4) is 5.75 Å². The van der Waals surface area contributed by atoms with Crippen molar-refractivity contribution in [2.45, 2.75) is 26.8 Å². The molecule has 0 fully saturated rings. The second-order valence-corrected chi connectivity index (χ2v) is 6.60. The van der Waals surface area contributed by atoms with Gasteiger partial charge in [0.1, 0.15) is 11.6 Å². The highest BCUT2D eigenvalue weighted by molar-refractivity contribution is 5.97. The fourth-order valence-corrected chi connectivity index (χ4v) is 3.24. The third-order valence-corrected chi connectivity index (χ3v) is 4.72. The first-order valence-electron chi connectivity index (χ1n) is 9.62. The number of rotatable bonds is 9. The van der Waals surface area contributed by atoms with Gasteiger partial charge in [-0.1, -0.05) is 26.0 Å². The van der Waals surface area contributed by atoms with Crippen molar-refractivity contribution >= 4 is 17.5 Å². The van der Waals surface area contributed by atoms with Gasteiger partial charge in [-0.25, -0.2) is 4.39 Å². The summed E-state index contributed by atoms with van der Waals surface area (Å²) in [7, 11) is 1.61. The lowest BCUT2D eigenvalue weighted by Crippen LogP contribution is -2.38. The van der Waals surface area contributed by atoms with E-state index < -0.39 is 11.7 Å². The molecule has 2 amide bonds. The maximum absolute atomic E-state index is 14.2. The van der Waals surface area contributed by atoms with E-state index in [1.54, 1.807) is 7.11 Å². The van der Waals surface area contributed by atoms with Gasteiger partial charge in [-0.15, -0.1) is 0 Å². The van der Waals surface area contributed by atoms with Gasteiger partial charge in [-0.2, -0.15) is 0 Å². The summed E-state index contributed by atoms with van der Waals surface area (Å²) < 4.78 is 19.5. The number of methoxy groups -OCH3 is 1. The van der Waals surface area contributed by atoms with E-state index >= 15 is 0 Å². The number of halogens is 1. The van der Waals surface area contributed by atoms with Gasteiger partial charge in [0.2, 0.25) is 5.91 Å². The summed E-state index contributed by atoms with van der Waals surface area (Å²) in [5.41, 5.74) is 1.26. The van der Waals surface area contributed by atoms with Crippen molar-refractivity contribution in [2.75, 3.05) is 32.1 Å². The van der Waals surface area contributed by atoms with E-state index in [0.29, 0.717) is 12.2 Å². The molecule has 0 aliphatic heterocycles. The molecule has 0 saturated carbocycles. The second kappa shape index (κ2) is 10.6. The van der Waals surface area contributed by atoms with E-state index in [4.69, 9.17) is 4.74 Å². The van der Waals surface area contributed by atoms with E-state index in [-0.39, 0.29) is 17.5 Å². The number of ether oxygens (including phenoxy) is 1. The van der Waals surface area contributed by atoms with Crippen LogP contribution in [0.25, 0.3) is 0 Å². The van der Waals surface area contributed by atoms with Crippen LogP contribution in [0.4, 0.5) is 10.1 Å². The maximum Gasteiger partial charge on any atom is 0.254 e. The molecule has 156 valence electrons. The maximum atomic E-state index is 14.2. The average molecular weight is 401 g/mol. The summed E-state index contributed by atoms with van der Waals surface area (Å²) in [6, 6.07) is 11.5. The normalized spacial score (nSPS) is 11.8. The quantitative estimate of drug-likeness (QED) is 0.674. The molecule has 0 spiro atoms. The van der Waals surface area contributed by atoms with Crippen molar-refractivity contribution in [2.24, 2.45) is 0 Å². The summed E-state index contributed by atoms with van der Waals surface area (Å²) in [5.74, 6) is -0.727. The molecule has 7 heteroatoms. The molecule has 2 aromatic carbocycles. The van der Waals surface area contributed by atoms with E-state index in [0.717, 1.165) is 24.4 Å². The molecule has 0 radical (unpaired) electrons. The Bertz CT molecular complexity index is 853. The largest absolute Gasteiger partial charge is 0.497 e. The minimum atomic E-state index is -0.641. The van der Waals surface area contributed by atoms with E-state index in [1.807, 2.05) is 24.3 Å². The van der Waals surface area contributed by atoms with E-state index in [9.17, 15) is 14.0 Å². The number of nitrogens with zero attached hydrogens (tertiary/aromatic N) is 1. The molecule has 0 saturated heterocycles. The Labute approximate surface area is 171 Å². The highest BCUT2D eigenvalue weighted by Gasteiger charge is 2.21. The van der Waals surface area contributed by atoms with Gasteiger partial charge in [0.15, 0.2) is 0 Å².